The van der Waals surface area contributed by atoms with Crippen LogP contribution >= 0.6 is 0 Å². The highest BCUT2D eigenvalue weighted by Crippen LogP contribution is 2.15. The lowest BCUT2D eigenvalue weighted by Gasteiger charge is -2.22. The van der Waals surface area contributed by atoms with Crippen LogP contribution in [0.4, 0.5) is 0 Å². The minimum Gasteiger partial charge on any atom is -0.460 e. The molecule has 0 spiro atoms. The van der Waals surface area contributed by atoms with E-state index in [1.807, 2.05) is 0 Å². The first-order valence-electron chi connectivity index (χ1n) is 6.43. The predicted octanol–water partition coefficient (Wildman–Crippen LogP) is 3.13. The number of esters is 2. The zero-order valence-electron chi connectivity index (χ0n) is 13.0. The molecular formula is C13H23N3O4. The van der Waals surface area contributed by atoms with Crippen LogP contribution in [0.15, 0.2) is 5.11 Å². The minimum atomic E-state index is -1.02. The predicted molar refractivity (Wildman–Crippen MR) is 73.9 cm³/mol. The molecule has 0 radical (unpaired) electrons. The lowest BCUT2D eigenvalue weighted by atomic mass is 10.1. The molecule has 0 amide bonds. The van der Waals surface area contributed by atoms with Crippen LogP contribution in [0.3, 0.4) is 0 Å². The SMILES string of the molecule is CC(C)(C)OC(=O)CC[C@H](N=[N+]=[N-])C(=O)OC(C)(C)C. The van der Waals surface area contributed by atoms with Crippen molar-refractivity contribution in [1.82, 2.24) is 0 Å². The van der Waals surface area contributed by atoms with Crippen molar-refractivity contribution in [2.24, 2.45) is 5.11 Å². The summed E-state index contributed by atoms with van der Waals surface area (Å²) < 4.78 is 10.3. The standard InChI is InChI=1S/C13H23N3O4/c1-12(2,3)19-10(17)8-7-9(15-16-14)11(18)20-13(4,5)6/h9H,7-8H2,1-6H3/t9-/m0/s1. The van der Waals surface area contributed by atoms with Gasteiger partial charge in [0, 0.05) is 11.3 Å². The topological polar surface area (TPSA) is 101 Å². The molecule has 0 bridgehead atoms. The van der Waals surface area contributed by atoms with Crippen LogP contribution in [0, 0.1) is 0 Å². The fourth-order valence-electron chi connectivity index (χ4n) is 1.30. The van der Waals surface area contributed by atoms with Gasteiger partial charge in [-0.15, -0.1) is 0 Å². The van der Waals surface area contributed by atoms with Gasteiger partial charge in [0.25, 0.3) is 0 Å². The summed E-state index contributed by atoms with van der Waals surface area (Å²) in [6, 6.07) is -1.02. The van der Waals surface area contributed by atoms with E-state index >= 15 is 0 Å². The second-order valence-electron chi connectivity index (χ2n) is 6.38. The Hall–Kier alpha value is -1.75. The number of carbonyl (C=O) groups excluding carboxylic acids is 2. The van der Waals surface area contributed by atoms with E-state index in [1.54, 1.807) is 41.5 Å². The number of azide groups is 1. The van der Waals surface area contributed by atoms with Crippen molar-refractivity contribution >= 4 is 11.9 Å². The van der Waals surface area contributed by atoms with Crippen LogP contribution in [-0.4, -0.2) is 29.2 Å². The number of ether oxygens (including phenoxy) is 2. The van der Waals surface area contributed by atoms with E-state index in [2.05, 4.69) is 10.0 Å². The molecule has 7 nitrogen and oxygen atoms in total. The Kier molecular flexibility index (Phi) is 6.52. The van der Waals surface area contributed by atoms with Gasteiger partial charge < -0.3 is 9.47 Å². The fraction of sp³-hybridized carbons (Fsp3) is 0.846. The van der Waals surface area contributed by atoms with Gasteiger partial charge in [0.2, 0.25) is 0 Å². The van der Waals surface area contributed by atoms with Crippen molar-refractivity contribution in [1.29, 1.82) is 0 Å². The summed E-state index contributed by atoms with van der Waals surface area (Å²) in [5.74, 6) is -1.09. The summed E-state index contributed by atoms with van der Waals surface area (Å²) in [7, 11) is 0. The molecule has 0 aromatic rings. The highest BCUT2D eigenvalue weighted by atomic mass is 16.6. The highest BCUT2D eigenvalue weighted by molar-refractivity contribution is 5.77. The molecule has 0 rings (SSSR count). The third-order valence-electron chi connectivity index (χ3n) is 1.91. The van der Waals surface area contributed by atoms with Crippen LogP contribution in [0.2, 0.25) is 0 Å². The molecule has 0 aromatic carbocycles. The lowest BCUT2D eigenvalue weighted by Crippen LogP contribution is -2.31. The number of hydrogen-bond acceptors (Lipinski definition) is 5. The molecule has 1 atom stereocenters. The summed E-state index contributed by atoms with van der Waals surface area (Å²) in [6.45, 7) is 10.4. The third kappa shape index (κ3) is 9.22. The smallest absolute Gasteiger partial charge is 0.315 e. The van der Waals surface area contributed by atoms with Crippen molar-refractivity contribution in [3.05, 3.63) is 10.4 Å². The van der Waals surface area contributed by atoms with Gasteiger partial charge in [-0.25, -0.2) is 0 Å². The van der Waals surface area contributed by atoms with E-state index in [0.29, 0.717) is 0 Å². The maximum Gasteiger partial charge on any atom is 0.315 e. The first-order valence-corrected chi connectivity index (χ1v) is 6.43. The Balaban J connectivity index is 4.53. The maximum absolute atomic E-state index is 11.8. The highest BCUT2D eigenvalue weighted by Gasteiger charge is 2.26. The van der Waals surface area contributed by atoms with Crippen molar-refractivity contribution in [2.45, 2.75) is 71.6 Å². The van der Waals surface area contributed by atoms with E-state index in [9.17, 15) is 9.59 Å². The van der Waals surface area contributed by atoms with Gasteiger partial charge in [-0.05, 0) is 53.5 Å². The van der Waals surface area contributed by atoms with Gasteiger partial charge in [0.05, 0.1) is 0 Å². The molecule has 0 saturated carbocycles. The number of hydrogen-bond donors (Lipinski definition) is 0. The largest absolute Gasteiger partial charge is 0.460 e. The van der Waals surface area contributed by atoms with Gasteiger partial charge in [-0.3, -0.25) is 9.59 Å². The Morgan fingerprint density at radius 1 is 1.10 bits per heavy atom. The van der Waals surface area contributed by atoms with Crippen LogP contribution in [0.1, 0.15) is 54.4 Å². The summed E-state index contributed by atoms with van der Waals surface area (Å²) >= 11 is 0. The molecule has 0 N–H and O–H groups in total. The van der Waals surface area contributed by atoms with Crippen molar-refractivity contribution in [3.8, 4) is 0 Å². The lowest BCUT2D eigenvalue weighted by molar-refractivity contribution is -0.157. The molecule has 0 aliphatic rings. The zero-order chi connectivity index (χ0) is 16.0. The Morgan fingerprint density at radius 3 is 2.00 bits per heavy atom. The zero-order valence-corrected chi connectivity index (χ0v) is 13.0. The molecule has 0 aliphatic heterocycles. The van der Waals surface area contributed by atoms with Crippen LogP contribution in [-0.2, 0) is 19.1 Å². The Morgan fingerprint density at radius 2 is 1.60 bits per heavy atom. The first kappa shape index (κ1) is 18.2. The summed E-state index contributed by atoms with van der Waals surface area (Å²) in [4.78, 5) is 26.0. The number of carbonyl (C=O) groups is 2. The molecule has 0 aromatic heterocycles. The average Bonchev–Trinajstić information content (AvgIpc) is 2.18. The maximum atomic E-state index is 11.8. The molecule has 0 heterocycles. The van der Waals surface area contributed by atoms with E-state index in [-0.39, 0.29) is 12.8 Å². The van der Waals surface area contributed by atoms with Gasteiger partial charge in [-0.2, -0.15) is 0 Å². The van der Waals surface area contributed by atoms with Crippen molar-refractivity contribution in [3.63, 3.8) is 0 Å². The Labute approximate surface area is 119 Å². The van der Waals surface area contributed by atoms with Crippen LogP contribution < -0.4 is 0 Å². The summed E-state index contributed by atoms with van der Waals surface area (Å²) in [5, 5.41) is 3.37. The molecule has 0 saturated heterocycles. The van der Waals surface area contributed by atoms with Crippen LogP contribution in [0.25, 0.3) is 10.4 Å². The van der Waals surface area contributed by atoms with Gasteiger partial charge >= 0.3 is 11.9 Å². The van der Waals surface area contributed by atoms with E-state index < -0.39 is 29.2 Å². The summed E-state index contributed by atoms with van der Waals surface area (Å²) in [6.07, 6.45) is 0.0497. The van der Waals surface area contributed by atoms with Crippen molar-refractivity contribution in [2.75, 3.05) is 0 Å². The normalized spacial score (nSPS) is 13.1. The second kappa shape index (κ2) is 7.14. The quantitative estimate of drug-likeness (QED) is 0.335. The Bertz CT molecular complexity index is 401. The second-order valence-corrected chi connectivity index (χ2v) is 6.38. The number of rotatable bonds is 5. The molecule has 0 fully saturated rings. The van der Waals surface area contributed by atoms with Gasteiger partial charge in [0.15, 0.2) is 0 Å². The van der Waals surface area contributed by atoms with Crippen LogP contribution in [0.5, 0.6) is 0 Å². The first-order chi connectivity index (χ1) is 8.94. The molecule has 114 valence electrons. The van der Waals surface area contributed by atoms with Gasteiger partial charge in [0.1, 0.15) is 17.2 Å². The molecule has 7 heteroatoms. The number of nitrogens with zero attached hydrogens (tertiary/aromatic N) is 3. The third-order valence-corrected chi connectivity index (χ3v) is 1.91. The monoisotopic (exact) mass is 285 g/mol. The molecule has 20 heavy (non-hydrogen) atoms. The minimum absolute atomic E-state index is 0.0137. The molecule has 0 unspecified atom stereocenters. The fourth-order valence-corrected chi connectivity index (χ4v) is 1.30. The van der Waals surface area contributed by atoms with E-state index in [0.717, 1.165) is 0 Å². The van der Waals surface area contributed by atoms with E-state index in [4.69, 9.17) is 15.0 Å². The average molecular weight is 285 g/mol. The van der Waals surface area contributed by atoms with Crippen molar-refractivity contribution < 1.29 is 19.1 Å². The molecule has 0 aliphatic carbocycles. The van der Waals surface area contributed by atoms with Gasteiger partial charge in [-0.1, -0.05) is 5.11 Å². The van der Waals surface area contributed by atoms with E-state index in [1.165, 1.54) is 0 Å². The summed E-state index contributed by atoms with van der Waals surface area (Å²) in [5.41, 5.74) is 7.21. The molecular weight excluding hydrogens is 262 g/mol.